The molecule has 1 aliphatic heterocycles. The minimum absolute atomic E-state index is 0.0332. The van der Waals surface area contributed by atoms with Crippen molar-refractivity contribution in [3.8, 4) is 0 Å². The van der Waals surface area contributed by atoms with Gasteiger partial charge in [0.25, 0.3) is 0 Å². The van der Waals surface area contributed by atoms with E-state index in [0.29, 0.717) is 6.54 Å². The zero-order valence-electron chi connectivity index (χ0n) is 14.0. The number of hydrogen-bond donors (Lipinski definition) is 1. The number of hydrogen-bond acceptors (Lipinski definition) is 4. The van der Waals surface area contributed by atoms with Gasteiger partial charge in [-0.2, -0.15) is 0 Å². The van der Waals surface area contributed by atoms with Crippen molar-refractivity contribution in [2.75, 3.05) is 38.0 Å². The van der Waals surface area contributed by atoms with Gasteiger partial charge in [0.2, 0.25) is 11.8 Å². The van der Waals surface area contributed by atoms with Crippen molar-refractivity contribution in [3.63, 3.8) is 0 Å². The van der Waals surface area contributed by atoms with Crippen molar-refractivity contribution < 1.29 is 9.59 Å². The monoisotopic (exact) mass is 318 g/mol. The van der Waals surface area contributed by atoms with Crippen LogP contribution in [0.25, 0.3) is 0 Å². The molecule has 2 amide bonds. The zero-order chi connectivity index (χ0) is 16.7. The highest BCUT2D eigenvalue weighted by Gasteiger charge is 2.30. The summed E-state index contributed by atoms with van der Waals surface area (Å²) in [6, 6.07) is 3.70. The topological polar surface area (TPSA) is 65.5 Å². The number of anilines is 1. The predicted octanol–water partition coefficient (Wildman–Crippen LogP) is 1.60. The van der Waals surface area contributed by atoms with Gasteiger partial charge in [-0.1, -0.05) is 0 Å². The van der Waals surface area contributed by atoms with Crippen molar-refractivity contribution in [3.05, 3.63) is 24.5 Å². The summed E-state index contributed by atoms with van der Waals surface area (Å²) in [7, 11) is 0. The van der Waals surface area contributed by atoms with Gasteiger partial charge in [0.15, 0.2) is 0 Å². The van der Waals surface area contributed by atoms with Crippen LogP contribution in [0.2, 0.25) is 0 Å². The second-order valence-electron chi connectivity index (χ2n) is 5.78. The third kappa shape index (κ3) is 4.68. The SMILES string of the molecule is CCN(CC)C(=O)C1CCCN(C(=O)CNc2cccnc2)C1. The Kier molecular flexibility index (Phi) is 6.38. The third-order valence-electron chi connectivity index (χ3n) is 4.30. The molecule has 6 nitrogen and oxygen atoms in total. The molecule has 1 N–H and O–H groups in total. The maximum atomic E-state index is 12.5. The highest BCUT2D eigenvalue weighted by molar-refractivity contribution is 5.83. The first-order chi connectivity index (χ1) is 11.2. The molecule has 1 unspecified atom stereocenters. The summed E-state index contributed by atoms with van der Waals surface area (Å²) in [5, 5.41) is 3.08. The number of carbonyl (C=O) groups excluding carboxylic acids is 2. The quantitative estimate of drug-likeness (QED) is 0.865. The highest BCUT2D eigenvalue weighted by Crippen LogP contribution is 2.19. The van der Waals surface area contributed by atoms with Crippen LogP contribution in [0.1, 0.15) is 26.7 Å². The summed E-state index contributed by atoms with van der Waals surface area (Å²) in [6.45, 7) is 6.93. The van der Waals surface area contributed by atoms with Gasteiger partial charge in [0.05, 0.1) is 18.2 Å². The van der Waals surface area contributed by atoms with Crippen LogP contribution in [-0.2, 0) is 9.59 Å². The van der Waals surface area contributed by atoms with Crippen molar-refractivity contribution in [2.24, 2.45) is 5.92 Å². The van der Waals surface area contributed by atoms with E-state index in [1.54, 1.807) is 17.3 Å². The molecular formula is C17H26N4O2. The maximum absolute atomic E-state index is 12.5. The Labute approximate surface area is 137 Å². The van der Waals surface area contributed by atoms with Crippen LogP contribution in [0, 0.1) is 5.92 Å². The van der Waals surface area contributed by atoms with E-state index >= 15 is 0 Å². The van der Waals surface area contributed by atoms with Crippen LogP contribution in [0.5, 0.6) is 0 Å². The molecule has 23 heavy (non-hydrogen) atoms. The Hall–Kier alpha value is -2.11. The van der Waals surface area contributed by atoms with Gasteiger partial charge in [0.1, 0.15) is 0 Å². The molecule has 1 aromatic heterocycles. The Bertz CT molecular complexity index is 517. The largest absolute Gasteiger partial charge is 0.375 e. The molecule has 0 aliphatic carbocycles. The molecule has 0 bridgehead atoms. The lowest BCUT2D eigenvalue weighted by molar-refractivity contribution is -0.140. The lowest BCUT2D eigenvalue weighted by atomic mass is 9.96. The molecule has 2 rings (SSSR count). The molecule has 0 spiro atoms. The second kappa shape index (κ2) is 8.50. The Morgan fingerprint density at radius 2 is 2.17 bits per heavy atom. The summed E-state index contributed by atoms with van der Waals surface area (Å²) < 4.78 is 0. The van der Waals surface area contributed by atoms with Crippen LogP contribution < -0.4 is 5.32 Å². The molecule has 6 heteroatoms. The summed E-state index contributed by atoms with van der Waals surface area (Å²) in [5.74, 6) is 0.143. The fraction of sp³-hybridized carbons (Fsp3) is 0.588. The smallest absolute Gasteiger partial charge is 0.241 e. The van der Waals surface area contributed by atoms with Crippen molar-refractivity contribution in [1.82, 2.24) is 14.8 Å². The fourth-order valence-corrected chi connectivity index (χ4v) is 2.96. The molecule has 0 radical (unpaired) electrons. The summed E-state index contributed by atoms with van der Waals surface area (Å²) in [6.07, 6.45) is 5.14. The van der Waals surface area contributed by atoms with Gasteiger partial charge in [-0.05, 0) is 38.8 Å². The molecule has 0 saturated carbocycles. The summed E-state index contributed by atoms with van der Waals surface area (Å²) in [5.41, 5.74) is 0.827. The van der Waals surface area contributed by atoms with Gasteiger partial charge >= 0.3 is 0 Å². The number of carbonyl (C=O) groups is 2. The normalized spacial score (nSPS) is 17.7. The number of pyridine rings is 1. The molecule has 2 heterocycles. The van der Waals surface area contributed by atoms with Gasteiger partial charge in [0, 0.05) is 38.6 Å². The Balaban J connectivity index is 1.87. The first kappa shape index (κ1) is 17.2. The Morgan fingerprint density at radius 1 is 1.39 bits per heavy atom. The number of aromatic nitrogens is 1. The van der Waals surface area contributed by atoms with Gasteiger partial charge in [-0.25, -0.2) is 0 Å². The van der Waals surface area contributed by atoms with Crippen LogP contribution in [0.15, 0.2) is 24.5 Å². The van der Waals surface area contributed by atoms with Crippen LogP contribution >= 0.6 is 0 Å². The highest BCUT2D eigenvalue weighted by atomic mass is 16.2. The molecule has 0 aromatic carbocycles. The summed E-state index contributed by atoms with van der Waals surface area (Å²) >= 11 is 0. The van der Waals surface area contributed by atoms with E-state index in [2.05, 4.69) is 10.3 Å². The van der Waals surface area contributed by atoms with E-state index in [1.165, 1.54) is 0 Å². The maximum Gasteiger partial charge on any atom is 0.241 e. The fourth-order valence-electron chi connectivity index (χ4n) is 2.96. The van der Waals surface area contributed by atoms with E-state index in [1.807, 2.05) is 30.9 Å². The van der Waals surface area contributed by atoms with Crippen molar-refractivity contribution in [1.29, 1.82) is 0 Å². The zero-order valence-corrected chi connectivity index (χ0v) is 14.0. The minimum Gasteiger partial charge on any atom is -0.375 e. The van der Waals surface area contributed by atoms with E-state index in [0.717, 1.165) is 38.2 Å². The number of rotatable bonds is 6. The standard InChI is InChI=1S/C17H26N4O2/c1-3-20(4-2)17(23)14-7-6-10-21(13-14)16(22)12-19-15-8-5-9-18-11-15/h5,8-9,11,14,19H,3-4,6-7,10,12-13H2,1-2H3. The number of amides is 2. The number of likely N-dealkylation sites (tertiary alicyclic amines) is 1. The first-order valence-corrected chi connectivity index (χ1v) is 8.36. The molecule has 1 saturated heterocycles. The second-order valence-corrected chi connectivity index (χ2v) is 5.78. The molecule has 1 fully saturated rings. The molecule has 1 aromatic rings. The molecule has 1 atom stereocenters. The number of nitrogens with one attached hydrogen (secondary N) is 1. The number of piperidine rings is 1. The lowest BCUT2D eigenvalue weighted by Gasteiger charge is -2.34. The van der Waals surface area contributed by atoms with Crippen LogP contribution in [0.4, 0.5) is 5.69 Å². The van der Waals surface area contributed by atoms with Gasteiger partial charge in [-0.3, -0.25) is 14.6 Å². The van der Waals surface area contributed by atoms with Gasteiger partial charge < -0.3 is 15.1 Å². The number of nitrogens with zero attached hydrogens (tertiary/aromatic N) is 3. The average Bonchev–Trinajstić information content (AvgIpc) is 2.61. The van der Waals surface area contributed by atoms with E-state index in [9.17, 15) is 9.59 Å². The first-order valence-electron chi connectivity index (χ1n) is 8.36. The minimum atomic E-state index is -0.0639. The Morgan fingerprint density at radius 3 is 2.83 bits per heavy atom. The van der Waals surface area contributed by atoms with E-state index < -0.39 is 0 Å². The van der Waals surface area contributed by atoms with Gasteiger partial charge in [-0.15, -0.1) is 0 Å². The lowest BCUT2D eigenvalue weighted by Crippen LogP contribution is -2.48. The average molecular weight is 318 g/mol. The molecular weight excluding hydrogens is 292 g/mol. The van der Waals surface area contributed by atoms with Crippen molar-refractivity contribution >= 4 is 17.5 Å². The van der Waals surface area contributed by atoms with E-state index in [4.69, 9.17) is 0 Å². The third-order valence-corrected chi connectivity index (χ3v) is 4.30. The van der Waals surface area contributed by atoms with Crippen LogP contribution in [-0.4, -0.2) is 59.3 Å². The van der Waals surface area contributed by atoms with Crippen LogP contribution in [0.3, 0.4) is 0 Å². The predicted molar refractivity (Wildman–Crippen MR) is 90.0 cm³/mol. The molecule has 1 aliphatic rings. The molecule has 126 valence electrons. The van der Waals surface area contributed by atoms with E-state index in [-0.39, 0.29) is 24.3 Å². The summed E-state index contributed by atoms with van der Waals surface area (Å²) in [4.78, 5) is 32.5. The van der Waals surface area contributed by atoms with Crippen molar-refractivity contribution in [2.45, 2.75) is 26.7 Å².